The zero-order valence-electron chi connectivity index (χ0n) is 10.2. The Morgan fingerprint density at radius 2 is 1.83 bits per heavy atom. The number of halogens is 2. The number of carbonyl (C=O) groups is 1. The van der Waals surface area contributed by atoms with Gasteiger partial charge in [-0.15, -0.1) is 11.6 Å². The van der Waals surface area contributed by atoms with Crippen LogP contribution < -0.4 is 5.32 Å². The summed E-state index contributed by atoms with van der Waals surface area (Å²) in [6.45, 7) is 0.665. The molecule has 1 aromatic rings. The summed E-state index contributed by atoms with van der Waals surface area (Å²) in [7, 11) is 0. The number of benzene rings is 1. The highest BCUT2D eigenvalue weighted by atomic mass is 35.5. The molecule has 0 radical (unpaired) electrons. The molecule has 2 nitrogen and oxygen atoms in total. The van der Waals surface area contributed by atoms with E-state index in [0.717, 1.165) is 12.8 Å². The third-order valence-corrected chi connectivity index (χ3v) is 4.50. The predicted octanol–water partition coefficient (Wildman–Crippen LogP) is 3.87. The molecule has 18 heavy (non-hydrogen) atoms. The number of hydrogen-bond acceptors (Lipinski definition) is 1. The van der Waals surface area contributed by atoms with Crippen LogP contribution in [0, 0.1) is 5.41 Å². The van der Waals surface area contributed by atoms with Crippen LogP contribution in [0.3, 0.4) is 0 Å². The predicted molar refractivity (Wildman–Crippen MR) is 75.4 cm³/mol. The van der Waals surface area contributed by atoms with Crippen molar-refractivity contribution < 1.29 is 4.79 Å². The Hall–Kier alpha value is -0.730. The molecule has 0 aromatic heterocycles. The Bertz CT molecular complexity index is 410. The standard InChI is InChI=1S/C14H17Cl2NO/c15-9-14(7-1-2-8-14)10-17-13(18)11-3-5-12(16)6-4-11/h3-6H,1-2,7-10H2,(H,17,18). The minimum absolute atomic E-state index is 0.0527. The molecule has 98 valence electrons. The van der Waals surface area contributed by atoms with Crippen molar-refractivity contribution in [3.05, 3.63) is 34.9 Å². The Kier molecular flexibility index (Phi) is 4.52. The molecule has 1 aliphatic carbocycles. The van der Waals surface area contributed by atoms with Gasteiger partial charge >= 0.3 is 0 Å². The van der Waals surface area contributed by atoms with Gasteiger partial charge in [0.05, 0.1) is 0 Å². The zero-order valence-corrected chi connectivity index (χ0v) is 11.7. The lowest BCUT2D eigenvalue weighted by atomic mass is 9.88. The van der Waals surface area contributed by atoms with E-state index >= 15 is 0 Å². The average Bonchev–Trinajstić information content (AvgIpc) is 2.86. The highest BCUT2D eigenvalue weighted by Crippen LogP contribution is 2.38. The van der Waals surface area contributed by atoms with E-state index in [1.807, 2.05) is 0 Å². The molecule has 0 heterocycles. The largest absolute Gasteiger partial charge is 0.351 e. The molecule has 1 aromatic carbocycles. The van der Waals surface area contributed by atoms with E-state index in [2.05, 4.69) is 5.32 Å². The summed E-state index contributed by atoms with van der Waals surface area (Å²) in [5, 5.41) is 3.62. The Morgan fingerprint density at radius 1 is 1.22 bits per heavy atom. The highest BCUT2D eigenvalue weighted by molar-refractivity contribution is 6.30. The van der Waals surface area contributed by atoms with E-state index in [1.54, 1.807) is 24.3 Å². The minimum atomic E-state index is -0.0527. The van der Waals surface area contributed by atoms with Crippen LogP contribution in [0.5, 0.6) is 0 Å². The summed E-state index contributed by atoms with van der Waals surface area (Å²) in [6, 6.07) is 6.92. The monoisotopic (exact) mass is 285 g/mol. The van der Waals surface area contributed by atoms with Gasteiger partial charge in [-0.1, -0.05) is 24.4 Å². The highest BCUT2D eigenvalue weighted by Gasteiger charge is 2.33. The number of alkyl halides is 1. The first-order valence-corrected chi connectivity index (χ1v) is 7.16. The van der Waals surface area contributed by atoms with Crippen molar-refractivity contribution >= 4 is 29.1 Å². The van der Waals surface area contributed by atoms with Gasteiger partial charge in [-0.3, -0.25) is 4.79 Å². The van der Waals surface area contributed by atoms with E-state index in [1.165, 1.54) is 12.8 Å². The molecule has 1 N–H and O–H groups in total. The van der Waals surface area contributed by atoms with Gasteiger partial charge in [0.25, 0.3) is 5.91 Å². The van der Waals surface area contributed by atoms with Crippen molar-refractivity contribution in [3.63, 3.8) is 0 Å². The fraction of sp³-hybridized carbons (Fsp3) is 0.500. The second-order valence-corrected chi connectivity index (χ2v) is 5.73. The number of amides is 1. The minimum Gasteiger partial charge on any atom is -0.351 e. The van der Waals surface area contributed by atoms with Crippen LogP contribution in [0.4, 0.5) is 0 Å². The number of carbonyl (C=O) groups excluding carboxylic acids is 1. The molecule has 4 heteroatoms. The zero-order chi connectivity index (χ0) is 13.0. The van der Waals surface area contributed by atoms with E-state index in [-0.39, 0.29) is 11.3 Å². The Balaban J connectivity index is 1.93. The lowest BCUT2D eigenvalue weighted by Gasteiger charge is -2.26. The first-order valence-electron chi connectivity index (χ1n) is 6.25. The van der Waals surface area contributed by atoms with Gasteiger partial charge in [0.1, 0.15) is 0 Å². The van der Waals surface area contributed by atoms with Gasteiger partial charge in [-0.2, -0.15) is 0 Å². The van der Waals surface area contributed by atoms with Crippen LogP contribution in [0.15, 0.2) is 24.3 Å². The van der Waals surface area contributed by atoms with Crippen molar-refractivity contribution in [1.82, 2.24) is 5.32 Å². The maximum Gasteiger partial charge on any atom is 0.251 e. The van der Waals surface area contributed by atoms with Gasteiger partial charge in [-0.25, -0.2) is 0 Å². The van der Waals surface area contributed by atoms with E-state index < -0.39 is 0 Å². The van der Waals surface area contributed by atoms with E-state index in [4.69, 9.17) is 23.2 Å². The summed E-state index contributed by atoms with van der Waals surface area (Å²) >= 11 is 11.8. The van der Waals surface area contributed by atoms with Crippen LogP contribution in [-0.4, -0.2) is 18.3 Å². The van der Waals surface area contributed by atoms with Crippen LogP contribution >= 0.6 is 23.2 Å². The van der Waals surface area contributed by atoms with Gasteiger partial charge < -0.3 is 5.32 Å². The van der Waals surface area contributed by atoms with E-state index in [0.29, 0.717) is 23.0 Å². The van der Waals surface area contributed by atoms with Crippen molar-refractivity contribution in [2.45, 2.75) is 25.7 Å². The number of rotatable bonds is 4. The Morgan fingerprint density at radius 3 is 2.39 bits per heavy atom. The molecule has 0 unspecified atom stereocenters. The van der Waals surface area contributed by atoms with Crippen molar-refractivity contribution in [1.29, 1.82) is 0 Å². The van der Waals surface area contributed by atoms with Gasteiger partial charge in [-0.05, 0) is 37.1 Å². The molecule has 2 rings (SSSR count). The van der Waals surface area contributed by atoms with Crippen molar-refractivity contribution in [3.8, 4) is 0 Å². The molecule has 0 atom stereocenters. The number of hydrogen-bond donors (Lipinski definition) is 1. The smallest absolute Gasteiger partial charge is 0.251 e. The quantitative estimate of drug-likeness (QED) is 0.836. The molecule has 1 saturated carbocycles. The molecule has 1 fully saturated rings. The number of nitrogens with one attached hydrogen (secondary N) is 1. The third-order valence-electron chi connectivity index (χ3n) is 3.68. The third kappa shape index (κ3) is 3.18. The van der Waals surface area contributed by atoms with Crippen LogP contribution in [0.2, 0.25) is 5.02 Å². The lowest BCUT2D eigenvalue weighted by molar-refractivity contribution is 0.0935. The van der Waals surface area contributed by atoms with Gasteiger partial charge in [0, 0.05) is 28.4 Å². The van der Waals surface area contributed by atoms with E-state index in [9.17, 15) is 4.79 Å². The van der Waals surface area contributed by atoms with Crippen LogP contribution in [-0.2, 0) is 0 Å². The molecule has 0 spiro atoms. The second kappa shape index (κ2) is 5.94. The first kappa shape index (κ1) is 13.7. The summed E-state index contributed by atoms with van der Waals surface area (Å²) < 4.78 is 0. The average molecular weight is 286 g/mol. The fourth-order valence-corrected chi connectivity index (χ4v) is 2.94. The van der Waals surface area contributed by atoms with Gasteiger partial charge in [0.15, 0.2) is 0 Å². The molecule has 0 aliphatic heterocycles. The summed E-state index contributed by atoms with van der Waals surface area (Å²) in [5.41, 5.74) is 0.742. The van der Waals surface area contributed by atoms with Crippen molar-refractivity contribution in [2.75, 3.05) is 12.4 Å². The molecular weight excluding hydrogens is 269 g/mol. The first-order chi connectivity index (χ1) is 8.65. The lowest BCUT2D eigenvalue weighted by Crippen LogP contribution is -2.37. The second-order valence-electron chi connectivity index (χ2n) is 5.03. The van der Waals surface area contributed by atoms with Crippen molar-refractivity contribution in [2.24, 2.45) is 5.41 Å². The summed E-state index contributed by atoms with van der Waals surface area (Å²) in [4.78, 5) is 12.0. The van der Waals surface area contributed by atoms with Crippen LogP contribution in [0.1, 0.15) is 36.0 Å². The maximum absolute atomic E-state index is 12.0. The molecule has 1 aliphatic rings. The Labute approximate surface area is 118 Å². The maximum atomic E-state index is 12.0. The molecule has 1 amide bonds. The summed E-state index contributed by atoms with van der Waals surface area (Å²) in [6.07, 6.45) is 4.64. The fourth-order valence-electron chi connectivity index (χ4n) is 2.45. The topological polar surface area (TPSA) is 29.1 Å². The molecule has 0 bridgehead atoms. The SMILES string of the molecule is O=C(NCC1(CCl)CCCC1)c1ccc(Cl)cc1. The van der Waals surface area contributed by atoms with Crippen LogP contribution in [0.25, 0.3) is 0 Å². The van der Waals surface area contributed by atoms with Gasteiger partial charge in [0.2, 0.25) is 0 Å². The summed E-state index contributed by atoms with van der Waals surface area (Å²) in [5.74, 6) is 0.566. The normalized spacial score (nSPS) is 17.7. The molecular formula is C14H17Cl2NO. The molecule has 0 saturated heterocycles.